The average Bonchev–Trinajstić information content (AvgIpc) is 2.47. The summed E-state index contributed by atoms with van der Waals surface area (Å²) in [6, 6.07) is 0. The van der Waals surface area contributed by atoms with E-state index in [0.717, 1.165) is 23.8 Å². The molecule has 2 aliphatic rings. The lowest BCUT2D eigenvalue weighted by Crippen LogP contribution is -2.25. The molecule has 116 valence electrons. The molecule has 0 spiro atoms. The van der Waals surface area contributed by atoms with Crippen LogP contribution in [0.3, 0.4) is 0 Å². The van der Waals surface area contributed by atoms with Gasteiger partial charge < -0.3 is 0 Å². The van der Waals surface area contributed by atoms with Crippen molar-refractivity contribution in [2.45, 2.75) is 77.6 Å². The molecule has 0 atom stereocenters. The first-order chi connectivity index (χ1) is 9.69. The highest BCUT2D eigenvalue weighted by Crippen LogP contribution is 2.42. The molecule has 0 aromatic heterocycles. The van der Waals surface area contributed by atoms with Gasteiger partial charge in [0.1, 0.15) is 0 Å². The van der Waals surface area contributed by atoms with Gasteiger partial charge in [-0.1, -0.05) is 32.6 Å². The van der Waals surface area contributed by atoms with Crippen LogP contribution >= 0.6 is 0 Å². The normalized spacial score (nSPS) is 34.8. The molecule has 0 heterocycles. The molecule has 20 heavy (non-hydrogen) atoms. The Hall–Kier alpha value is -0.400. The predicted octanol–water partition coefficient (Wildman–Crippen LogP) is 6.57. The van der Waals surface area contributed by atoms with E-state index in [4.69, 9.17) is 0 Å². The van der Waals surface area contributed by atoms with E-state index in [-0.39, 0.29) is 0 Å². The molecule has 2 heteroatoms. The number of rotatable bonds is 5. The van der Waals surface area contributed by atoms with E-state index >= 15 is 0 Å². The molecule has 2 aliphatic carbocycles. The lowest BCUT2D eigenvalue weighted by atomic mass is 9.68. The summed E-state index contributed by atoms with van der Waals surface area (Å²) in [4.78, 5) is 0. The van der Waals surface area contributed by atoms with E-state index in [1.807, 2.05) is 0 Å². The minimum absolute atomic E-state index is 0.518. The predicted molar refractivity (Wildman–Crippen MR) is 80.7 cm³/mol. The summed E-state index contributed by atoms with van der Waals surface area (Å²) >= 11 is 0. The number of hydrogen-bond donors (Lipinski definition) is 0. The lowest BCUT2D eigenvalue weighted by Gasteiger charge is -2.37. The second-order valence-electron chi connectivity index (χ2n) is 7.08. The summed E-state index contributed by atoms with van der Waals surface area (Å²) in [7, 11) is 0. The molecule has 2 fully saturated rings. The van der Waals surface area contributed by atoms with Crippen molar-refractivity contribution in [3.05, 3.63) is 12.2 Å². The third kappa shape index (κ3) is 4.86. The van der Waals surface area contributed by atoms with Crippen molar-refractivity contribution in [2.75, 3.05) is 0 Å². The van der Waals surface area contributed by atoms with Crippen LogP contribution < -0.4 is 0 Å². The first-order valence-corrected chi connectivity index (χ1v) is 8.70. The van der Waals surface area contributed by atoms with Crippen LogP contribution in [0.25, 0.3) is 0 Å². The van der Waals surface area contributed by atoms with Gasteiger partial charge in [0.25, 0.3) is 6.08 Å². The molecule has 2 rings (SSSR count). The van der Waals surface area contributed by atoms with E-state index in [0.29, 0.717) is 12.3 Å². The Labute approximate surface area is 123 Å². The van der Waals surface area contributed by atoms with E-state index in [1.165, 1.54) is 64.2 Å². The fourth-order valence-electron chi connectivity index (χ4n) is 4.51. The van der Waals surface area contributed by atoms with Gasteiger partial charge in [-0.15, -0.1) is 0 Å². The zero-order valence-electron chi connectivity index (χ0n) is 12.9. The summed E-state index contributed by atoms with van der Waals surface area (Å²) in [5.74, 6) is 3.35. The van der Waals surface area contributed by atoms with Crippen LogP contribution in [0.5, 0.6) is 0 Å². The SMILES string of the molecule is CCC[C@H]1CC[C@H]([C@H]2CC[C@H](CC=C(F)F)CC2)CC1. The maximum absolute atomic E-state index is 12.1. The van der Waals surface area contributed by atoms with Gasteiger partial charge in [-0.3, -0.25) is 0 Å². The van der Waals surface area contributed by atoms with Crippen LogP contribution in [0.15, 0.2) is 12.2 Å². The Balaban J connectivity index is 1.68. The highest BCUT2D eigenvalue weighted by Gasteiger charge is 2.30. The van der Waals surface area contributed by atoms with Crippen molar-refractivity contribution in [1.82, 2.24) is 0 Å². The fraction of sp³-hybridized carbons (Fsp3) is 0.889. The van der Waals surface area contributed by atoms with Gasteiger partial charge in [-0.05, 0) is 74.7 Å². The largest absolute Gasteiger partial charge is 0.266 e. The fourth-order valence-corrected chi connectivity index (χ4v) is 4.51. The highest BCUT2D eigenvalue weighted by molar-refractivity contribution is 4.87. The molecule has 0 unspecified atom stereocenters. The van der Waals surface area contributed by atoms with E-state index in [1.54, 1.807) is 0 Å². The summed E-state index contributed by atoms with van der Waals surface area (Å²) in [5, 5.41) is 0. The van der Waals surface area contributed by atoms with Gasteiger partial charge >= 0.3 is 0 Å². The number of halogens is 2. The second kappa shape index (κ2) is 8.14. The minimum atomic E-state index is -1.50. The van der Waals surface area contributed by atoms with Gasteiger partial charge in [0.2, 0.25) is 0 Å². The topological polar surface area (TPSA) is 0 Å². The Morgan fingerprint density at radius 2 is 1.35 bits per heavy atom. The van der Waals surface area contributed by atoms with Crippen LogP contribution in [0.4, 0.5) is 8.78 Å². The molecule has 0 aromatic carbocycles. The van der Waals surface area contributed by atoms with Crippen molar-refractivity contribution < 1.29 is 8.78 Å². The monoisotopic (exact) mass is 284 g/mol. The Kier molecular flexibility index (Phi) is 6.51. The summed E-state index contributed by atoms with van der Waals surface area (Å²) in [6.45, 7) is 2.29. The highest BCUT2D eigenvalue weighted by atomic mass is 19.3. The van der Waals surface area contributed by atoms with Crippen molar-refractivity contribution in [3.63, 3.8) is 0 Å². The standard InChI is InChI=1S/C18H30F2/c1-2-3-14-4-9-16(10-5-14)17-11-6-15(7-12-17)8-13-18(19)20/h13-17H,2-12H2,1H3/t14-,15-,16-,17-. The first kappa shape index (κ1) is 16.0. The van der Waals surface area contributed by atoms with E-state index in [9.17, 15) is 8.78 Å². The van der Waals surface area contributed by atoms with Crippen LogP contribution in [-0.4, -0.2) is 0 Å². The van der Waals surface area contributed by atoms with Crippen molar-refractivity contribution >= 4 is 0 Å². The maximum Gasteiger partial charge on any atom is 0.266 e. The molecular formula is C18H30F2. The smallest absolute Gasteiger partial charge is 0.174 e. The summed E-state index contributed by atoms with van der Waals surface area (Å²) in [6.07, 6.45) is 13.6. The Bertz CT molecular complexity index is 291. The molecule has 0 nitrogen and oxygen atoms in total. The van der Waals surface area contributed by atoms with Crippen LogP contribution in [-0.2, 0) is 0 Å². The van der Waals surface area contributed by atoms with Gasteiger partial charge in [-0.2, -0.15) is 8.78 Å². The molecule has 0 amide bonds. The zero-order valence-corrected chi connectivity index (χ0v) is 12.9. The molecule has 0 N–H and O–H groups in total. The Morgan fingerprint density at radius 1 is 0.850 bits per heavy atom. The van der Waals surface area contributed by atoms with E-state index < -0.39 is 6.08 Å². The Morgan fingerprint density at radius 3 is 1.80 bits per heavy atom. The molecular weight excluding hydrogens is 254 g/mol. The average molecular weight is 284 g/mol. The van der Waals surface area contributed by atoms with Gasteiger partial charge in [0.05, 0.1) is 0 Å². The van der Waals surface area contributed by atoms with Crippen LogP contribution in [0.1, 0.15) is 77.6 Å². The maximum atomic E-state index is 12.1. The molecule has 0 radical (unpaired) electrons. The lowest BCUT2D eigenvalue weighted by molar-refractivity contribution is 0.143. The zero-order chi connectivity index (χ0) is 14.4. The van der Waals surface area contributed by atoms with Crippen molar-refractivity contribution in [2.24, 2.45) is 23.7 Å². The van der Waals surface area contributed by atoms with Gasteiger partial charge in [0.15, 0.2) is 0 Å². The minimum Gasteiger partial charge on any atom is -0.174 e. The van der Waals surface area contributed by atoms with Crippen molar-refractivity contribution in [1.29, 1.82) is 0 Å². The van der Waals surface area contributed by atoms with Crippen molar-refractivity contribution in [3.8, 4) is 0 Å². The number of hydrogen-bond acceptors (Lipinski definition) is 0. The van der Waals surface area contributed by atoms with Crippen LogP contribution in [0, 0.1) is 23.7 Å². The van der Waals surface area contributed by atoms with Gasteiger partial charge in [0, 0.05) is 0 Å². The third-order valence-electron chi connectivity index (χ3n) is 5.75. The molecule has 0 aliphatic heterocycles. The van der Waals surface area contributed by atoms with Crippen LogP contribution in [0.2, 0.25) is 0 Å². The second-order valence-corrected chi connectivity index (χ2v) is 7.08. The summed E-state index contributed by atoms with van der Waals surface area (Å²) < 4.78 is 24.2. The summed E-state index contributed by atoms with van der Waals surface area (Å²) in [5.41, 5.74) is 0. The molecule has 0 bridgehead atoms. The van der Waals surface area contributed by atoms with Gasteiger partial charge in [-0.25, -0.2) is 0 Å². The first-order valence-electron chi connectivity index (χ1n) is 8.70. The number of allylic oxidation sites excluding steroid dienone is 1. The molecule has 2 saturated carbocycles. The molecule has 0 saturated heterocycles. The molecule has 0 aromatic rings. The van der Waals surface area contributed by atoms with E-state index in [2.05, 4.69) is 6.92 Å². The third-order valence-corrected chi connectivity index (χ3v) is 5.75. The quantitative estimate of drug-likeness (QED) is 0.535.